The summed E-state index contributed by atoms with van der Waals surface area (Å²) in [4.78, 5) is 18.0. The van der Waals surface area contributed by atoms with Crippen molar-refractivity contribution in [1.82, 2.24) is 19.5 Å². The van der Waals surface area contributed by atoms with E-state index in [2.05, 4.69) is 10.1 Å². The highest BCUT2D eigenvalue weighted by molar-refractivity contribution is 5.95. The molecule has 1 atom stereocenters. The average Bonchev–Trinajstić information content (AvgIpc) is 2.69. The van der Waals surface area contributed by atoms with Crippen molar-refractivity contribution in [3.8, 4) is 0 Å². The summed E-state index contributed by atoms with van der Waals surface area (Å²) in [7, 11) is 1.66. The predicted octanol–water partition coefficient (Wildman–Crippen LogP) is 0.799. The molecule has 0 aliphatic carbocycles. The number of aromatic nitrogens is 3. The van der Waals surface area contributed by atoms with Crippen LogP contribution in [0.3, 0.4) is 0 Å². The fourth-order valence-electron chi connectivity index (χ4n) is 2.06. The Labute approximate surface area is 111 Å². The van der Waals surface area contributed by atoms with E-state index < -0.39 is 6.10 Å². The molecule has 1 N–H and O–H groups in total. The van der Waals surface area contributed by atoms with Crippen molar-refractivity contribution < 1.29 is 9.90 Å². The highest BCUT2D eigenvalue weighted by Gasteiger charge is 2.18. The summed E-state index contributed by atoms with van der Waals surface area (Å²) in [6.45, 7) is 5.66. The van der Waals surface area contributed by atoms with Gasteiger partial charge in [0.05, 0.1) is 23.1 Å². The molecule has 2 heterocycles. The monoisotopic (exact) mass is 262 g/mol. The van der Waals surface area contributed by atoms with Crippen molar-refractivity contribution in [1.29, 1.82) is 0 Å². The van der Waals surface area contributed by atoms with Crippen LogP contribution in [0.15, 0.2) is 12.3 Å². The Morgan fingerprint density at radius 3 is 2.84 bits per heavy atom. The maximum atomic E-state index is 12.3. The fraction of sp³-hybridized carbons (Fsp3) is 0.462. The Bertz CT molecular complexity index is 618. The second-order valence-electron chi connectivity index (χ2n) is 4.85. The molecular formula is C13H18N4O2. The molecule has 102 valence electrons. The molecule has 6 nitrogen and oxygen atoms in total. The van der Waals surface area contributed by atoms with Gasteiger partial charge in [0.25, 0.3) is 5.91 Å². The lowest BCUT2D eigenvalue weighted by molar-refractivity contribution is 0.0702. The first kappa shape index (κ1) is 13.5. The molecule has 0 fully saturated rings. The molecule has 0 aliphatic rings. The molecule has 2 rings (SSSR count). The van der Waals surface area contributed by atoms with Crippen LogP contribution in [0.5, 0.6) is 0 Å². The highest BCUT2D eigenvalue weighted by Crippen LogP contribution is 2.12. The lowest BCUT2D eigenvalue weighted by Crippen LogP contribution is -2.33. The minimum Gasteiger partial charge on any atom is -0.392 e. The number of aryl methyl sites for hydroxylation is 2. The van der Waals surface area contributed by atoms with Crippen molar-refractivity contribution in [3.05, 3.63) is 29.2 Å². The number of fused-ring (bicyclic) bond motifs is 1. The second-order valence-corrected chi connectivity index (χ2v) is 4.85. The van der Waals surface area contributed by atoms with E-state index in [1.165, 1.54) is 4.90 Å². The van der Waals surface area contributed by atoms with Crippen LogP contribution < -0.4 is 0 Å². The maximum Gasteiger partial charge on any atom is 0.257 e. The Hall–Kier alpha value is -1.95. The van der Waals surface area contributed by atoms with E-state index in [-0.39, 0.29) is 12.5 Å². The van der Waals surface area contributed by atoms with Gasteiger partial charge in [-0.1, -0.05) is 0 Å². The number of aliphatic hydroxyl groups excluding tert-OH is 1. The summed E-state index contributed by atoms with van der Waals surface area (Å²) in [5, 5.41) is 13.6. The van der Waals surface area contributed by atoms with E-state index in [0.717, 1.165) is 17.0 Å². The third-order valence-corrected chi connectivity index (χ3v) is 2.96. The molecule has 0 radical (unpaired) electrons. The molecule has 0 aromatic carbocycles. The lowest BCUT2D eigenvalue weighted by Gasteiger charge is -2.19. The van der Waals surface area contributed by atoms with Gasteiger partial charge < -0.3 is 10.0 Å². The van der Waals surface area contributed by atoms with Gasteiger partial charge >= 0.3 is 0 Å². The number of aliphatic hydroxyl groups is 1. The fourth-order valence-corrected chi connectivity index (χ4v) is 2.06. The molecule has 0 saturated carbocycles. The first-order chi connectivity index (χ1) is 8.90. The standard InChI is InChI=1S/C13H18N4O2/c1-8-5-12-14-6-11(10(3)17(12)15-8)13(19)16(4)7-9(2)18/h5-6,9,18H,7H2,1-4H3. The molecule has 19 heavy (non-hydrogen) atoms. The third kappa shape index (κ3) is 2.58. The number of nitrogens with zero attached hydrogens (tertiary/aromatic N) is 4. The van der Waals surface area contributed by atoms with Crippen molar-refractivity contribution in [2.24, 2.45) is 0 Å². The molecule has 2 aromatic heterocycles. The lowest BCUT2D eigenvalue weighted by atomic mass is 10.2. The number of amides is 1. The topological polar surface area (TPSA) is 70.7 Å². The average molecular weight is 262 g/mol. The van der Waals surface area contributed by atoms with Gasteiger partial charge in [0, 0.05) is 25.9 Å². The van der Waals surface area contributed by atoms with Gasteiger partial charge in [-0.15, -0.1) is 0 Å². The Kier molecular flexibility index (Phi) is 3.53. The van der Waals surface area contributed by atoms with E-state index in [1.54, 1.807) is 24.7 Å². The van der Waals surface area contributed by atoms with E-state index >= 15 is 0 Å². The summed E-state index contributed by atoms with van der Waals surface area (Å²) in [5.41, 5.74) is 2.83. The summed E-state index contributed by atoms with van der Waals surface area (Å²) in [5.74, 6) is -0.166. The molecular weight excluding hydrogens is 244 g/mol. The predicted molar refractivity (Wildman–Crippen MR) is 71.1 cm³/mol. The third-order valence-electron chi connectivity index (χ3n) is 2.96. The van der Waals surface area contributed by atoms with Crippen molar-refractivity contribution in [2.75, 3.05) is 13.6 Å². The van der Waals surface area contributed by atoms with Gasteiger partial charge in [-0.2, -0.15) is 5.10 Å². The maximum absolute atomic E-state index is 12.3. The number of rotatable bonds is 3. The van der Waals surface area contributed by atoms with E-state index in [0.29, 0.717) is 5.56 Å². The number of carbonyl (C=O) groups is 1. The quantitative estimate of drug-likeness (QED) is 0.888. The molecule has 1 amide bonds. The van der Waals surface area contributed by atoms with E-state index in [1.807, 2.05) is 19.9 Å². The Morgan fingerprint density at radius 1 is 1.53 bits per heavy atom. The molecule has 2 aromatic rings. The molecule has 0 spiro atoms. The van der Waals surface area contributed by atoms with Crippen LogP contribution in [0.4, 0.5) is 0 Å². The largest absolute Gasteiger partial charge is 0.392 e. The SMILES string of the molecule is Cc1cc2ncc(C(=O)N(C)CC(C)O)c(C)n2n1. The smallest absolute Gasteiger partial charge is 0.257 e. The zero-order valence-electron chi connectivity index (χ0n) is 11.6. The normalized spacial score (nSPS) is 12.7. The minimum atomic E-state index is -0.558. The van der Waals surface area contributed by atoms with Crippen molar-refractivity contribution in [2.45, 2.75) is 26.9 Å². The highest BCUT2D eigenvalue weighted by atomic mass is 16.3. The van der Waals surface area contributed by atoms with E-state index in [9.17, 15) is 9.90 Å². The van der Waals surface area contributed by atoms with Crippen LogP contribution in [0.2, 0.25) is 0 Å². The van der Waals surface area contributed by atoms with Crippen LogP contribution in [0.25, 0.3) is 5.65 Å². The van der Waals surface area contributed by atoms with Crippen molar-refractivity contribution in [3.63, 3.8) is 0 Å². The molecule has 0 aliphatic heterocycles. The summed E-state index contributed by atoms with van der Waals surface area (Å²) in [6, 6.07) is 1.86. The molecule has 0 saturated heterocycles. The van der Waals surface area contributed by atoms with Gasteiger partial charge in [0.1, 0.15) is 0 Å². The number of hydrogen-bond donors (Lipinski definition) is 1. The van der Waals surface area contributed by atoms with Crippen LogP contribution in [-0.4, -0.2) is 50.2 Å². The first-order valence-electron chi connectivity index (χ1n) is 6.15. The van der Waals surface area contributed by atoms with Gasteiger partial charge in [-0.3, -0.25) is 4.79 Å². The zero-order valence-corrected chi connectivity index (χ0v) is 11.6. The van der Waals surface area contributed by atoms with Gasteiger partial charge in [-0.25, -0.2) is 9.50 Å². The molecule has 1 unspecified atom stereocenters. The van der Waals surface area contributed by atoms with Gasteiger partial charge in [-0.05, 0) is 20.8 Å². The van der Waals surface area contributed by atoms with Crippen LogP contribution >= 0.6 is 0 Å². The summed E-state index contributed by atoms with van der Waals surface area (Å²) in [6.07, 6.45) is 1.00. The summed E-state index contributed by atoms with van der Waals surface area (Å²) < 4.78 is 1.67. The Balaban J connectivity index is 2.39. The van der Waals surface area contributed by atoms with Crippen LogP contribution in [0.1, 0.15) is 28.7 Å². The number of carbonyl (C=O) groups excluding carboxylic acids is 1. The minimum absolute atomic E-state index is 0.166. The Morgan fingerprint density at radius 2 is 2.21 bits per heavy atom. The number of hydrogen-bond acceptors (Lipinski definition) is 4. The first-order valence-corrected chi connectivity index (χ1v) is 6.15. The number of likely N-dealkylation sites (N-methyl/N-ethyl adjacent to an activating group) is 1. The second kappa shape index (κ2) is 4.97. The van der Waals surface area contributed by atoms with Crippen LogP contribution in [-0.2, 0) is 0 Å². The summed E-state index contributed by atoms with van der Waals surface area (Å²) >= 11 is 0. The van der Waals surface area contributed by atoms with E-state index in [4.69, 9.17) is 0 Å². The van der Waals surface area contributed by atoms with Gasteiger partial charge in [0.2, 0.25) is 0 Å². The van der Waals surface area contributed by atoms with Crippen molar-refractivity contribution >= 4 is 11.6 Å². The van der Waals surface area contributed by atoms with Crippen LogP contribution in [0, 0.1) is 13.8 Å². The molecule has 6 heteroatoms. The van der Waals surface area contributed by atoms with Gasteiger partial charge in [0.15, 0.2) is 5.65 Å². The zero-order chi connectivity index (χ0) is 14.2. The molecule has 0 bridgehead atoms.